The molecule has 1 aliphatic rings. The van der Waals surface area contributed by atoms with Crippen molar-refractivity contribution >= 4 is 26.8 Å². The van der Waals surface area contributed by atoms with Gasteiger partial charge in [-0.1, -0.05) is 6.07 Å². The molecule has 2 N–H and O–H groups in total. The van der Waals surface area contributed by atoms with Crippen molar-refractivity contribution < 1.29 is 26.7 Å². The number of nitrogens with zero attached hydrogens (tertiary/aromatic N) is 1. The predicted molar refractivity (Wildman–Crippen MR) is 125 cm³/mol. The molecular weight excluding hydrogens is 480 g/mol. The number of halogens is 2. The fourth-order valence-electron chi connectivity index (χ4n) is 4.41. The van der Waals surface area contributed by atoms with Gasteiger partial charge in [0.25, 0.3) is 11.5 Å². The Morgan fingerprint density at radius 1 is 1.20 bits per heavy atom. The van der Waals surface area contributed by atoms with E-state index in [1.54, 1.807) is 18.2 Å². The number of pyridine rings is 1. The van der Waals surface area contributed by atoms with Gasteiger partial charge in [-0.05, 0) is 42.0 Å². The molecule has 0 spiro atoms. The number of nitrogens with one attached hydrogen (secondary N) is 2. The molecule has 0 aliphatic carbocycles. The van der Waals surface area contributed by atoms with Gasteiger partial charge in [-0.25, -0.2) is 21.9 Å². The number of sulfonamides is 1. The number of benzene rings is 2. The van der Waals surface area contributed by atoms with Crippen molar-refractivity contribution in [3.8, 4) is 16.9 Å². The Bertz CT molecular complexity index is 1670. The average Bonchev–Trinajstić information content (AvgIpc) is 3.38. The first-order chi connectivity index (χ1) is 16.6. The summed E-state index contributed by atoms with van der Waals surface area (Å²) in [6.45, 7) is 0.0732. The zero-order valence-electron chi connectivity index (χ0n) is 18.4. The molecule has 0 saturated heterocycles. The number of amides is 1. The maximum atomic E-state index is 14.6. The molecule has 4 aromatic rings. The van der Waals surface area contributed by atoms with E-state index in [0.29, 0.717) is 29.7 Å². The van der Waals surface area contributed by atoms with Crippen LogP contribution >= 0.6 is 0 Å². The third-order valence-electron chi connectivity index (χ3n) is 5.80. The van der Waals surface area contributed by atoms with Crippen LogP contribution in [0.25, 0.3) is 22.0 Å². The van der Waals surface area contributed by atoms with E-state index in [9.17, 15) is 26.8 Å². The molecule has 1 amide bonds. The minimum Gasteiger partial charge on any atom is -0.492 e. The van der Waals surface area contributed by atoms with Crippen molar-refractivity contribution in [2.45, 2.75) is 13.0 Å². The Hall–Kier alpha value is -3.99. The van der Waals surface area contributed by atoms with E-state index in [0.717, 1.165) is 30.0 Å². The van der Waals surface area contributed by atoms with Gasteiger partial charge in [-0.3, -0.25) is 9.59 Å². The second-order valence-corrected chi connectivity index (χ2v) is 9.96. The number of H-pyrrole nitrogens is 1. The lowest BCUT2D eigenvalue weighted by atomic mass is 10.00. The van der Waals surface area contributed by atoms with Crippen molar-refractivity contribution in [1.82, 2.24) is 14.3 Å². The van der Waals surface area contributed by atoms with Crippen molar-refractivity contribution in [3.05, 3.63) is 87.5 Å². The topological polar surface area (TPSA) is 110 Å². The molecule has 11 heteroatoms. The second kappa shape index (κ2) is 8.35. The van der Waals surface area contributed by atoms with Crippen LogP contribution in [0.15, 0.2) is 53.5 Å². The van der Waals surface area contributed by atoms with E-state index in [-0.39, 0.29) is 28.9 Å². The summed E-state index contributed by atoms with van der Waals surface area (Å²) in [6.07, 6.45) is 2.84. The molecule has 0 unspecified atom stereocenters. The minimum absolute atomic E-state index is 0.0646. The first kappa shape index (κ1) is 22.8. The SMILES string of the molecule is CS(=O)(=O)NC(=O)c1c(-c2ccc[nH]c2=O)c2c3c(ccc2n1Cc1cc(F)ccc1F)CCO3. The third kappa shape index (κ3) is 4.08. The lowest BCUT2D eigenvalue weighted by Crippen LogP contribution is -2.32. The van der Waals surface area contributed by atoms with Crippen LogP contribution in [0.5, 0.6) is 5.75 Å². The number of hydrogen-bond donors (Lipinski definition) is 2. The quantitative estimate of drug-likeness (QED) is 0.439. The maximum absolute atomic E-state index is 14.6. The van der Waals surface area contributed by atoms with E-state index >= 15 is 0 Å². The lowest BCUT2D eigenvalue weighted by molar-refractivity contribution is 0.0974. The molecule has 0 radical (unpaired) electrons. The molecule has 0 fully saturated rings. The Kier molecular flexibility index (Phi) is 5.43. The van der Waals surface area contributed by atoms with Crippen molar-refractivity contribution in [1.29, 1.82) is 0 Å². The molecule has 0 saturated carbocycles. The number of carbonyl (C=O) groups excluding carboxylic acids is 1. The highest BCUT2D eigenvalue weighted by Crippen LogP contribution is 2.43. The van der Waals surface area contributed by atoms with E-state index in [2.05, 4.69) is 4.98 Å². The number of aromatic nitrogens is 2. The first-order valence-corrected chi connectivity index (χ1v) is 12.5. The smallest absolute Gasteiger partial charge is 0.282 e. The molecule has 3 heterocycles. The summed E-state index contributed by atoms with van der Waals surface area (Å²) >= 11 is 0. The third-order valence-corrected chi connectivity index (χ3v) is 6.36. The van der Waals surface area contributed by atoms with Crippen LogP contribution in [-0.4, -0.2) is 36.7 Å². The summed E-state index contributed by atoms with van der Waals surface area (Å²) < 4.78 is 61.6. The monoisotopic (exact) mass is 499 g/mol. The van der Waals surface area contributed by atoms with Gasteiger partial charge in [0.05, 0.1) is 35.9 Å². The number of hydrogen-bond acceptors (Lipinski definition) is 5. The van der Waals surface area contributed by atoms with Crippen LogP contribution in [0.3, 0.4) is 0 Å². The van der Waals surface area contributed by atoms with E-state index in [4.69, 9.17) is 4.74 Å². The highest BCUT2D eigenvalue weighted by Gasteiger charge is 2.31. The first-order valence-electron chi connectivity index (χ1n) is 10.6. The Morgan fingerprint density at radius 2 is 2.00 bits per heavy atom. The average molecular weight is 499 g/mol. The van der Waals surface area contributed by atoms with E-state index in [1.165, 1.54) is 16.8 Å². The lowest BCUT2D eigenvalue weighted by Gasteiger charge is -2.13. The van der Waals surface area contributed by atoms with E-state index in [1.807, 2.05) is 4.72 Å². The Labute approximate surface area is 198 Å². The van der Waals surface area contributed by atoms with Crippen LogP contribution < -0.4 is 15.0 Å². The second-order valence-electron chi connectivity index (χ2n) is 8.21. The molecule has 1 aliphatic heterocycles. The van der Waals surface area contributed by atoms with Crippen LogP contribution in [0.1, 0.15) is 21.6 Å². The number of carbonyl (C=O) groups is 1. The molecular formula is C24H19F2N3O5S. The summed E-state index contributed by atoms with van der Waals surface area (Å²) in [5.74, 6) is -1.96. The van der Waals surface area contributed by atoms with Gasteiger partial charge in [-0.2, -0.15) is 0 Å². The summed E-state index contributed by atoms with van der Waals surface area (Å²) in [5, 5.41) is 0.409. The van der Waals surface area contributed by atoms with Gasteiger partial charge in [0.15, 0.2) is 0 Å². The van der Waals surface area contributed by atoms with Crippen LogP contribution in [0.2, 0.25) is 0 Å². The summed E-state index contributed by atoms with van der Waals surface area (Å²) in [7, 11) is -4.00. The highest BCUT2D eigenvalue weighted by atomic mass is 32.2. The van der Waals surface area contributed by atoms with Crippen LogP contribution in [-0.2, 0) is 23.0 Å². The van der Waals surface area contributed by atoms with Gasteiger partial charge in [0.1, 0.15) is 23.1 Å². The van der Waals surface area contributed by atoms with Gasteiger partial charge in [-0.15, -0.1) is 0 Å². The molecule has 35 heavy (non-hydrogen) atoms. The zero-order chi connectivity index (χ0) is 24.9. The van der Waals surface area contributed by atoms with Gasteiger partial charge in [0, 0.05) is 23.7 Å². The molecule has 5 rings (SSSR count). The minimum atomic E-state index is -4.00. The number of ether oxygens (including phenoxy) is 1. The highest BCUT2D eigenvalue weighted by molar-refractivity contribution is 7.89. The number of aromatic amines is 1. The Morgan fingerprint density at radius 3 is 2.74 bits per heavy atom. The summed E-state index contributed by atoms with van der Waals surface area (Å²) in [5.41, 5.74) is 0.686. The van der Waals surface area contributed by atoms with Crippen LogP contribution in [0, 0.1) is 11.6 Å². The fraction of sp³-hybridized carbons (Fsp3) is 0.167. The van der Waals surface area contributed by atoms with Crippen LogP contribution in [0.4, 0.5) is 8.78 Å². The number of fused-ring (bicyclic) bond motifs is 3. The van der Waals surface area contributed by atoms with Crippen molar-refractivity contribution in [2.75, 3.05) is 12.9 Å². The molecule has 0 bridgehead atoms. The van der Waals surface area contributed by atoms with E-state index < -0.39 is 33.1 Å². The van der Waals surface area contributed by atoms with Gasteiger partial charge >= 0.3 is 0 Å². The molecule has 0 atom stereocenters. The molecule has 8 nitrogen and oxygen atoms in total. The fourth-order valence-corrected chi connectivity index (χ4v) is 4.85. The van der Waals surface area contributed by atoms with Gasteiger partial charge < -0.3 is 14.3 Å². The van der Waals surface area contributed by atoms with Crippen molar-refractivity contribution in [2.24, 2.45) is 0 Å². The standard InChI is InChI=1S/C24H19F2N3O5S/c1-35(32,33)28-24(31)21-19(16-3-2-9-27-23(16)30)20-18(7-4-13-8-10-34-22(13)20)29(21)12-14-11-15(25)5-6-17(14)26/h2-7,9,11H,8,10,12H2,1H3,(H,27,30)(H,28,31). The summed E-state index contributed by atoms with van der Waals surface area (Å²) in [6, 6.07) is 9.48. The largest absolute Gasteiger partial charge is 0.492 e. The predicted octanol–water partition coefficient (Wildman–Crippen LogP) is 2.95. The molecule has 2 aromatic carbocycles. The Balaban J connectivity index is 1.90. The normalized spacial score (nSPS) is 13.0. The molecule has 180 valence electrons. The molecule has 2 aromatic heterocycles. The summed E-state index contributed by atoms with van der Waals surface area (Å²) in [4.78, 5) is 28.7. The number of rotatable bonds is 5. The van der Waals surface area contributed by atoms with Gasteiger partial charge in [0.2, 0.25) is 10.0 Å². The maximum Gasteiger partial charge on any atom is 0.282 e. The zero-order valence-corrected chi connectivity index (χ0v) is 19.2. The van der Waals surface area contributed by atoms with Crippen molar-refractivity contribution in [3.63, 3.8) is 0 Å².